The van der Waals surface area contributed by atoms with Gasteiger partial charge in [-0.05, 0) is 0 Å². The summed E-state index contributed by atoms with van der Waals surface area (Å²) in [7, 11) is 0. The van der Waals surface area contributed by atoms with Gasteiger partial charge in [-0.15, -0.1) is 12.4 Å². The number of hydrogen-bond acceptors (Lipinski definition) is 0. The van der Waals surface area contributed by atoms with Crippen LogP contribution in [0.3, 0.4) is 0 Å². The van der Waals surface area contributed by atoms with Gasteiger partial charge in [0.1, 0.15) is 0 Å². The van der Waals surface area contributed by atoms with Crippen molar-refractivity contribution >= 4 is 36.3 Å². The molecule has 0 aliphatic heterocycles. The van der Waals surface area contributed by atoms with Gasteiger partial charge in [0, 0.05) is 61.9 Å². The summed E-state index contributed by atoms with van der Waals surface area (Å²) in [5.41, 5.74) is 0. The van der Waals surface area contributed by atoms with Crippen LogP contribution >= 0.6 is 12.4 Å². The summed E-state index contributed by atoms with van der Waals surface area (Å²) in [4.78, 5) is 0. The molecule has 0 N–H and O–H groups in total. The van der Waals surface area contributed by atoms with Crippen molar-refractivity contribution in [3.8, 4) is 0 Å². The molecule has 0 nitrogen and oxygen atoms in total. The van der Waals surface area contributed by atoms with Crippen LogP contribution in [0.2, 0.25) is 0 Å². The van der Waals surface area contributed by atoms with Crippen molar-refractivity contribution in [3.63, 3.8) is 0 Å². The summed E-state index contributed by atoms with van der Waals surface area (Å²) in [6.45, 7) is 0. The maximum atomic E-state index is 0. The van der Waals surface area contributed by atoms with Gasteiger partial charge in [0.25, 0.3) is 0 Å². The molecular weight excluding hydrogens is 486 g/mol. The van der Waals surface area contributed by atoms with E-state index in [1.165, 1.54) is 0 Å². The summed E-state index contributed by atoms with van der Waals surface area (Å²) in [5, 5.41) is 0. The molecule has 0 amide bonds. The second-order valence-electron chi connectivity index (χ2n) is 0. The van der Waals surface area contributed by atoms with E-state index >= 15 is 0 Å². The molecule has 0 saturated carbocycles. The van der Waals surface area contributed by atoms with Gasteiger partial charge in [-0.1, -0.05) is 0 Å². The Morgan fingerprint density at radius 1 is 1.00 bits per heavy atom. The van der Waals surface area contributed by atoms with Crippen LogP contribution in [-0.2, 0) is 20.1 Å². The van der Waals surface area contributed by atoms with Crippen molar-refractivity contribution in [1.29, 1.82) is 0 Å². The first-order valence-corrected chi connectivity index (χ1v) is 0. The van der Waals surface area contributed by atoms with Gasteiger partial charge in [0.15, 0.2) is 0 Å². The summed E-state index contributed by atoms with van der Waals surface area (Å²) in [5.74, 6) is 0. The van der Waals surface area contributed by atoms with E-state index in [0.717, 1.165) is 0 Å². The Kier molecular flexibility index (Phi) is 113. The fraction of sp³-hybridized carbons (Fsp3) is 0. The van der Waals surface area contributed by atoms with E-state index in [-0.39, 0.29) is 98.2 Å². The van der Waals surface area contributed by atoms with Crippen molar-refractivity contribution in [2.75, 3.05) is 0 Å². The molecule has 3 radical (unpaired) electrons. The van der Waals surface area contributed by atoms with E-state index in [4.69, 9.17) is 0 Å². The first-order valence-electron chi connectivity index (χ1n) is 0. The molecule has 0 heterocycles. The molecule has 0 aliphatic rings. The summed E-state index contributed by atoms with van der Waals surface area (Å²) in [6.07, 6.45) is 0. The van der Waals surface area contributed by atoms with Gasteiger partial charge in [0.2, 0.25) is 0 Å². The third-order valence-corrected chi connectivity index (χ3v) is 0. The third-order valence-electron chi connectivity index (χ3n) is 0. The Hall–Kier alpha value is 3.11. The summed E-state index contributed by atoms with van der Waals surface area (Å²) < 4.78 is 0. The fourth-order valence-corrected chi connectivity index (χ4v) is 0. The fourth-order valence-electron chi connectivity index (χ4n) is 0. The Morgan fingerprint density at radius 3 is 1.00 bits per heavy atom. The van der Waals surface area contributed by atoms with Gasteiger partial charge in [-0.3, -0.25) is 0 Å². The molecule has 0 rings (SSSR count). The second kappa shape index (κ2) is 16.5. The molecule has 0 spiro atoms. The topological polar surface area (TPSA) is 0 Å². The van der Waals surface area contributed by atoms with Crippen LogP contribution in [0.5, 0.6) is 0 Å². The molecule has 0 aliphatic carbocycles. The van der Waals surface area contributed by atoms with Gasteiger partial charge < -0.3 is 0 Å². The standard InChI is InChI=1S/Ce.ClH.Ir.Sn.2H/h;1H;;;;. The van der Waals surface area contributed by atoms with E-state index in [0.29, 0.717) is 0 Å². The molecule has 27 valence electrons. The zero-order valence-electron chi connectivity index (χ0n) is 1.95. The van der Waals surface area contributed by atoms with Crippen LogP contribution < -0.4 is 0 Å². The minimum absolute atomic E-state index is 0. The molecule has 0 aromatic rings. The molecule has 0 fully saturated rings. The van der Waals surface area contributed by atoms with Crippen molar-refractivity contribution < 1.29 is 61.9 Å². The first-order chi connectivity index (χ1) is 0. The van der Waals surface area contributed by atoms with Crippen molar-refractivity contribution in [1.82, 2.24) is 0 Å². The van der Waals surface area contributed by atoms with Crippen molar-refractivity contribution in [3.05, 3.63) is 0 Å². The zero-order chi connectivity index (χ0) is 0. The van der Waals surface area contributed by atoms with Crippen LogP contribution in [0.25, 0.3) is 0 Å². The predicted octanol–water partition coefficient (Wildman–Crippen LogP) is -0.497. The van der Waals surface area contributed by atoms with Crippen molar-refractivity contribution in [2.45, 2.75) is 0 Å². The summed E-state index contributed by atoms with van der Waals surface area (Å²) >= 11 is 0. The van der Waals surface area contributed by atoms with Gasteiger partial charge in [-0.25, -0.2) is 0 Å². The molecule has 0 aromatic carbocycles. The van der Waals surface area contributed by atoms with E-state index in [2.05, 4.69) is 0 Å². The molecule has 0 aromatic heterocycles. The number of halogens is 1. The van der Waals surface area contributed by atoms with E-state index in [1.54, 1.807) is 0 Å². The quantitative estimate of drug-likeness (QED) is 0.403. The molecule has 0 unspecified atom stereocenters. The predicted molar refractivity (Wildman–Crippen MR) is 15.8 cm³/mol. The van der Waals surface area contributed by atoms with Crippen LogP contribution in [0.15, 0.2) is 0 Å². The van der Waals surface area contributed by atoms with Crippen LogP contribution in [-0.4, -0.2) is 23.9 Å². The molecule has 4 heteroatoms. The number of rotatable bonds is 0. The van der Waals surface area contributed by atoms with Gasteiger partial charge in [0.05, 0.1) is 0 Å². The normalized spacial score (nSPS) is 0. The molecule has 0 bridgehead atoms. The van der Waals surface area contributed by atoms with Gasteiger partial charge in [-0.2, -0.15) is 0 Å². The van der Waals surface area contributed by atoms with Crippen LogP contribution in [0.1, 0.15) is 0 Å². The van der Waals surface area contributed by atoms with Crippen LogP contribution in [0, 0.1) is 41.7 Å². The zero-order valence-corrected chi connectivity index (χ0v) is 12.3. The number of hydrogen-bond donors (Lipinski definition) is 0. The molecular formula is H3CeClIrSn. The van der Waals surface area contributed by atoms with Gasteiger partial charge >= 0.3 is 23.9 Å². The molecule has 4 heavy (non-hydrogen) atoms. The second-order valence-corrected chi connectivity index (χ2v) is 0. The maximum absolute atomic E-state index is 0. The monoisotopic (exact) mass is 491 g/mol. The first kappa shape index (κ1) is 27.4. The Bertz CT molecular complexity index is 8.00. The van der Waals surface area contributed by atoms with E-state index in [1.807, 2.05) is 0 Å². The van der Waals surface area contributed by atoms with E-state index < -0.39 is 0 Å². The third kappa shape index (κ3) is 8.93. The summed E-state index contributed by atoms with van der Waals surface area (Å²) in [6, 6.07) is 0. The minimum atomic E-state index is 0. The van der Waals surface area contributed by atoms with E-state index in [9.17, 15) is 0 Å². The Labute approximate surface area is 96.0 Å². The van der Waals surface area contributed by atoms with Crippen LogP contribution in [0.4, 0.5) is 0 Å². The molecule has 0 atom stereocenters. The average Bonchev–Trinajstić information content (AvgIpc) is 0. The van der Waals surface area contributed by atoms with Crippen molar-refractivity contribution in [2.24, 2.45) is 0 Å². The molecule has 0 saturated heterocycles. The Balaban J connectivity index is 0. The Morgan fingerprint density at radius 2 is 1.00 bits per heavy atom. The SMILES string of the molecule is Cl.[Ce].[Ir].[SnH2]. The average molecular weight is 490 g/mol.